The molecule has 5 nitrogen and oxygen atoms in total. The first-order valence-electron chi connectivity index (χ1n) is 13.0. The smallest absolute Gasteiger partial charge is 0.263 e. The Labute approximate surface area is 216 Å². The minimum atomic E-state index is -0.0830. The highest BCUT2D eigenvalue weighted by atomic mass is 32.2. The molecule has 0 bridgehead atoms. The molecule has 2 aromatic heterocycles. The van der Waals surface area contributed by atoms with Gasteiger partial charge in [-0.15, -0.1) is 11.3 Å². The molecule has 1 N–H and O–H groups in total. The van der Waals surface area contributed by atoms with Crippen molar-refractivity contribution >= 4 is 44.9 Å². The Morgan fingerprint density at radius 3 is 2.83 bits per heavy atom. The second-order valence-corrected chi connectivity index (χ2v) is 11.9. The number of thiophene rings is 1. The number of amides is 1. The highest BCUT2D eigenvalue weighted by Crippen LogP contribution is 2.36. The lowest BCUT2D eigenvalue weighted by molar-refractivity contribution is -0.113. The Kier molecular flexibility index (Phi) is 9.06. The molecule has 0 saturated heterocycles. The Morgan fingerprint density at radius 1 is 1.23 bits per heavy atom. The number of anilines is 1. The van der Waals surface area contributed by atoms with Crippen LogP contribution in [0.2, 0.25) is 0 Å². The van der Waals surface area contributed by atoms with E-state index < -0.39 is 0 Å². The largest absolute Gasteiger partial charge is 0.325 e. The first-order valence-corrected chi connectivity index (χ1v) is 14.8. The van der Waals surface area contributed by atoms with Crippen LogP contribution in [0.1, 0.15) is 74.8 Å². The molecule has 35 heavy (non-hydrogen) atoms. The molecular weight excluding hydrogens is 474 g/mol. The number of carbonyl (C=O) groups is 1. The summed E-state index contributed by atoms with van der Waals surface area (Å²) < 4.78 is 1.85. The zero-order valence-corrected chi connectivity index (χ0v) is 22.8. The molecule has 1 aliphatic rings. The number of nitrogens with zero attached hydrogens (tertiary/aromatic N) is 2. The molecular formula is C28H37N3O2S2. The van der Waals surface area contributed by atoms with Gasteiger partial charge in [0.05, 0.1) is 11.1 Å². The number of nitrogens with one attached hydrogen (secondary N) is 1. The Bertz CT molecular complexity index is 1230. The summed E-state index contributed by atoms with van der Waals surface area (Å²) in [5.74, 6) is 0.797. The van der Waals surface area contributed by atoms with E-state index in [1.807, 2.05) is 35.8 Å². The number of unbranched alkanes of at least 4 members (excludes halogenated alkanes) is 5. The van der Waals surface area contributed by atoms with E-state index in [-0.39, 0.29) is 17.2 Å². The van der Waals surface area contributed by atoms with Gasteiger partial charge < -0.3 is 5.32 Å². The summed E-state index contributed by atoms with van der Waals surface area (Å²) in [5.41, 5.74) is 3.21. The number of hydrogen-bond donors (Lipinski definition) is 1. The maximum atomic E-state index is 13.7. The van der Waals surface area contributed by atoms with E-state index >= 15 is 0 Å². The maximum absolute atomic E-state index is 13.7. The van der Waals surface area contributed by atoms with Crippen LogP contribution in [-0.4, -0.2) is 21.2 Å². The lowest BCUT2D eigenvalue weighted by Crippen LogP contribution is -2.25. The predicted octanol–water partition coefficient (Wildman–Crippen LogP) is 6.98. The quantitative estimate of drug-likeness (QED) is 0.171. The molecule has 0 unspecified atom stereocenters. The van der Waals surface area contributed by atoms with Gasteiger partial charge in [0, 0.05) is 17.1 Å². The van der Waals surface area contributed by atoms with Gasteiger partial charge in [-0.3, -0.25) is 14.2 Å². The van der Waals surface area contributed by atoms with Crippen molar-refractivity contribution in [1.82, 2.24) is 9.55 Å². The molecule has 0 spiro atoms. The minimum Gasteiger partial charge on any atom is -0.325 e. The van der Waals surface area contributed by atoms with Crippen molar-refractivity contribution in [3.8, 4) is 0 Å². The van der Waals surface area contributed by atoms with E-state index in [9.17, 15) is 9.59 Å². The summed E-state index contributed by atoms with van der Waals surface area (Å²) in [4.78, 5) is 33.5. The minimum absolute atomic E-state index is 0.0807. The van der Waals surface area contributed by atoms with Crippen LogP contribution in [0.4, 0.5) is 5.69 Å². The van der Waals surface area contributed by atoms with Gasteiger partial charge in [0.25, 0.3) is 5.56 Å². The van der Waals surface area contributed by atoms with Crippen molar-refractivity contribution in [2.24, 2.45) is 5.92 Å². The molecule has 2 heterocycles. The van der Waals surface area contributed by atoms with Crippen molar-refractivity contribution in [3.63, 3.8) is 0 Å². The molecule has 4 rings (SSSR count). The number of rotatable bonds is 11. The molecule has 1 atom stereocenters. The molecule has 0 fully saturated rings. The predicted molar refractivity (Wildman–Crippen MR) is 149 cm³/mol. The molecule has 0 radical (unpaired) electrons. The Morgan fingerprint density at radius 2 is 2.03 bits per heavy atom. The molecule has 0 aliphatic heterocycles. The number of carbonyl (C=O) groups excluding carboxylic acids is 1. The number of hydrogen-bond acceptors (Lipinski definition) is 5. The summed E-state index contributed by atoms with van der Waals surface area (Å²) in [5, 5.41) is 4.47. The van der Waals surface area contributed by atoms with E-state index in [4.69, 9.17) is 4.98 Å². The average molecular weight is 512 g/mol. The highest BCUT2D eigenvalue weighted by Gasteiger charge is 2.25. The van der Waals surface area contributed by atoms with Gasteiger partial charge in [-0.25, -0.2) is 4.98 Å². The van der Waals surface area contributed by atoms with Crippen LogP contribution < -0.4 is 10.9 Å². The normalized spacial score (nSPS) is 15.3. The van der Waals surface area contributed by atoms with Crippen molar-refractivity contribution in [2.45, 2.75) is 90.3 Å². The molecule has 1 aromatic carbocycles. The van der Waals surface area contributed by atoms with Crippen molar-refractivity contribution in [3.05, 3.63) is 50.6 Å². The third kappa shape index (κ3) is 6.56. The fourth-order valence-electron chi connectivity index (χ4n) is 4.81. The summed E-state index contributed by atoms with van der Waals surface area (Å²) in [6.45, 7) is 7.18. The van der Waals surface area contributed by atoms with Gasteiger partial charge in [-0.1, -0.05) is 69.8 Å². The van der Waals surface area contributed by atoms with E-state index in [1.165, 1.54) is 47.9 Å². The summed E-state index contributed by atoms with van der Waals surface area (Å²) >= 11 is 3.05. The topological polar surface area (TPSA) is 64.0 Å². The van der Waals surface area contributed by atoms with Gasteiger partial charge in [0.2, 0.25) is 5.91 Å². The van der Waals surface area contributed by atoms with Gasteiger partial charge in [0.15, 0.2) is 5.16 Å². The molecule has 1 amide bonds. The second-order valence-electron chi connectivity index (χ2n) is 9.86. The van der Waals surface area contributed by atoms with E-state index in [0.717, 1.165) is 53.6 Å². The van der Waals surface area contributed by atoms with Crippen LogP contribution in [0.3, 0.4) is 0 Å². The number of thioether (sulfide) groups is 1. The summed E-state index contributed by atoms with van der Waals surface area (Å²) in [6, 6.07) is 7.79. The van der Waals surface area contributed by atoms with Gasteiger partial charge in [-0.05, 0) is 61.8 Å². The number of aryl methyl sites for hydroxylation is 2. The number of aromatic nitrogens is 2. The van der Waals surface area contributed by atoms with E-state index in [0.29, 0.717) is 17.6 Å². The van der Waals surface area contributed by atoms with Crippen LogP contribution in [0, 0.1) is 12.8 Å². The second kappa shape index (κ2) is 12.2. The lowest BCUT2D eigenvalue weighted by Gasteiger charge is -2.17. The Balaban J connectivity index is 1.55. The van der Waals surface area contributed by atoms with Gasteiger partial charge in [-0.2, -0.15) is 0 Å². The molecule has 3 aromatic rings. The third-order valence-corrected chi connectivity index (χ3v) is 8.87. The average Bonchev–Trinajstić information content (AvgIpc) is 3.18. The summed E-state index contributed by atoms with van der Waals surface area (Å²) in [6.07, 6.45) is 10.2. The van der Waals surface area contributed by atoms with Crippen molar-refractivity contribution in [1.29, 1.82) is 0 Å². The summed E-state index contributed by atoms with van der Waals surface area (Å²) in [7, 11) is 0. The first kappa shape index (κ1) is 26.0. The zero-order valence-electron chi connectivity index (χ0n) is 21.2. The molecule has 7 heteroatoms. The standard InChI is InChI=1S/C28H37N3O2S2/c1-4-5-6-7-8-9-15-31-27(33)25-22-14-13-20(3)17-23(22)35-26(25)30-28(31)34-18-24(32)29-21-12-10-11-19(2)16-21/h10-12,16,20H,4-9,13-15,17-18H2,1-3H3,(H,29,32)/t20-/m0/s1. The van der Waals surface area contributed by atoms with Crippen LogP contribution in [-0.2, 0) is 24.2 Å². The molecule has 1 aliphatic carbocycles. The van der Waals surface area contributed by atoms with Crippen molar-refractivity contribution in [2.75, 3.05) is 11.1 Å². The van der Waals surface area contributed by atoms with E-state index in [1.54, 1.807) is 11.3 Å². The van der Waals surface area contributed by atoms with Gasteiger partial charge in [0.1, 0.15) is 4.83 Å². The van der Waals surface area contributed by atoms with Gasteiger partial charge >= 0.3 is 0 Å². The molecule has 188 valence electrons. The SMILES string of the molecule is CCCCCCCCn1c(SCC(=O)Nc2cccc(C)c2)nc2sc3c(c2c1=O)CC[C@H](C)C3. The zero-order chi connectivity index (χ0) is 24.8. The van der Waals surface area contributed by atoms with Crippen molar-refractivity contribution < 1.29 is 4.79 Å². The highest BCUT2D eigenvalue weighted by molar-refractivity contribution is 7.99. The van der Waals surface area contributed by atoms with E-state index in [2.05, 4.69) is 19.2 Å². The molecule has 0 saturated carbocycles. The fraction of sp³-hybridized carbons (Fsp3) is 0.536. The number of benzene rings is 1. The van der Waals surface area contributed by atoms with Crippen LogP contribution in [0.25, 0.3) is 10.2 Å². The monoisotopic (exact) mass is 511 g/mol. The first-order chi connectivity index (χ1) is 17.0. The van der Waals surface area contributed by atoms with Crippen LogP contribution in [0.5, 0.6) is 0 Å². The number of fused-ring (bicyclic) bond motifs is 3. The van der Waals surface area contributed by atoms with Crippen LogP contribution in [0.15, 0.2) is 34.2 Å². The third-order valence-electron chi connectivity index (χ3n) is 6.75. The van der Waals surface area contributed by atoms with Crippen LogP contribution >= 0.6 is 23.1 Å². The fourth-order valence-corrected chi connectivity index (χ4v) is 7.06. The Hall–Kier alpha value is -2.12. The lowest BCUT2D eigenvalue weighted by atomic mass is 9.89. The maximum Gasteiger partial charge on any atom is 0.263 e.